The van der Waals surface area contributed by atoms with Crippen LogP contribution in [0.25, 0.3) is 0 Å². The Morgan fingerprint density at radius 3 is 2.65 bits per heavy atom. The summed E-state index contributed by atoms with van der Waals surface area (Å²) in [4.78, 5) is 24.6. The fourth-order valence-electron chi connectivity index (χ4n) is 2.19. The van der Waals surface area contributed by atoms with Crippen LogP contribution in [0.2, 0.25) is 0 Å². The first-order valence-corrected chi connectivity index (χ1v) is 6.27. The standard InChI is InChI=1S/C12H22N2O3/c1-9(2)13-11(15)8-14-7-5-3-4-6-10(14)12(16)17/h9-10H,3-8H2,1-2H3,(H,13,15)(H,16,17). The molecule has 0 bridgehead atoms. The second-order valence-electron chi connectivity index (χ2n) is 4.90. The van der Waals surface area contributed by atoms with E-state index in [1.54, 1.807) is 4.90 Å². The van der Waals surface area contributed by atoms with E-state index in [2.05, 4.69) is 5.32 Å². The van der Waals surface area contributed by atoms with Crippen LogP contribution in [0.15, 0.2) is 0 Å². The van der Waals surface area contributed by atoms with Gasteiger partial charge >= 0.3 is 5.97 Å². The van der Waals surface area contributed by atoms with Gasteiger partial charge in [-0.05, 0) is 33.2 Å². The van der Waals surface area contributed by atoms with Gasteiger partial charge in [-0.1, -0.05) is 12.8 Å². The molecule has 0 aliphatic carbocycles. The summed E-state index contributed by atoms with van der Waals surface area (Å²) in [5.41, 5.74) is 0. The van der Waals surface area contributed by atoms with Crippen molar-refractivity contribution < 1.29 is 14.7 Å². The van der Waals surface area contributed by atoms with E-state index >= 15 is 0 Å². The average Bonchev–Trinajstić information content (AvgIpc) is 2.41. The summed E-state index contributed by atoms with van der Waals surface area (Å²) in [6.07, 6.45) is 3.59. The van der Waals surface area contributed by atoms with Crippen molar-refractivity contribution >= 4 is 11.9 Å². The van der Waals surface area contributed by atoms with Crippen molar-refractivity contribution in [1.82, 2.24) is 10.2 Å². The van der Waals surface area contributed by atoms with E-state index in [4.69, 9.17) is 5.11 Å². The molecule has 98 valence electrons. The van der Waals surface area contributed by atoms with Crippen molar-refractivity contribution in [2.24, 2.45) is 0 Å². The number of hydrogen-bond acceptors (Lipinski definition) is 3. The highest BCUT2D eigenvalue weighted by Gasteiger charge is 2.28. The number of likely N-dealkylation sites (tertiary alicyclic amines) is 1. The largest absolute Gasteiger partial charge is 0.480 e. The number of carbonyl (C=O) groups is 2. The quantitative estimate of drug-likeness (QED) is 0.766. The average molecular weight is 242 g/mol. The highest BCUT2D eigenvalue weighted by molar-refractivity contribution is 5.80. The molecule has 0 saturated carbocycles. The molecule has 2 N–H and O–H groups in total. The Morgan fingerprint density at radius 2 is 2.06 bits per heavy atom. The van der Waals surface area contributed by atoms with Crippen molar-refractivity contribution in [3.05, 3.63) is 0 Å². The molecule has 1 heterocycles. The number of nitrogens with zero attached hydrogens (tertiary/aromatic N) is 1. The van der Waals surface area contributed by atoms with Gasteiger partial charge in [-0.2, -0.15) is 0 Å². The summed E-state index contributed by atoms with van der Waals surface area (Å²) >= 11 is 0. The summed E-state index contributed by atoms with van der Waals surface area (Å²) < 4.78 is 0. The molecular weight excluding hydrogens is 220 g/mol. The third-order valence-corrected chi connectivity index (χ3v) is 2.95. The zero-order valence-corrected chi connectivity index (χ0v) is 10.6. The number of carboxylic acids is 1. The fourth-order valence-corrected chi connectivity index (χ4v) is 2.19. The van der Waals surface area contributed by atoms with Crippen LogP contribution in [-0.4, -0.2) is 47.1 Å². The minimum Gasteiger partial charge on any atom is -0.480 e. The van der Waals surface area contributed by atoms with E-state index in [1.807, 2.05) is 13.8 Å². The van der Waals surface area contributed by atoms with Gasteiger partial charge in [0.2, 0.25) is 5.91 Å². The molecule has 0 aromatic rings. The summed E-state index contributed by atoms with van der Waals surface area (Å²) in [7, 11) is 0. The lowest BCUT2D eigenvalue weighted by atomic mass is 10.1. The minimum absolute atomic E-state index is 0.0897. The predicted molar refractivity (Wildman–Crippen MR) is 64.7 cm³/mol. The molecule has 1 saturated heterocycles. The van der Waals surface area contributed by atoms with Crippen molar-refractivity contribution in [1.29, 1.82) is 0 Å². The highest BCUT2D eigenvalue weighted by Crippen LogP contribution is 2.16. The normalized spacial score (nSPS) is 22.2. The minimum atomic E-state index is -0.816. The molecular formula is C12H22N2O3. The van der Waals surface area contributed by atoms with Gasteiger partial charge in [-0.3, -0.25) is 14.5 Å². The van der Waals surface area contributed by atoms with Gasteiger partial charge in [0, 0.05) is 6.04 Å². The lowest BCUT2D eigenvalue weighted by molar-refractivity contribution is -0.144. The molecule has 1 amide bonds. The Labute approximate surface area is 102 Å². The van der Waals surface area contributed by atoms with Crippen molar-refractivity contribution in [2.45, 2.75) is 51.6 Å². The molecule has 0 radical (unpaired) electrons. The van der Waals surface area contributed by atoms with Gasteiger partial charge < -0.3 is 10.4 Å². The first-order chi connectivity index (χ1) is 8.00. The maximum Gasteiger partial charge on any atom is 0.320 e. The maximum atomic E-state index is 11.7. The molecule has 1 rings (SSSR count). The van der Waals surface area contributed by atoms with Gasteiger partial charge in [-0.25, -0.2) is 0 Å². The predicted octanol–water partition coefficient (Wildman–Crippen LogP) is 0.840. The summed E-state index contributed by atoms with van der Waals surface area (Å²) in [5, 5.41) is 12.0. The summed E-state index contributed by atoms with van der Waals surface area (Å²) in [6, 6.07) is -0.409. The van der Waals surface area contributed by atoms with Crippen LogP contribution in [0.3, 0.4) is 0 Å². The van der Waals surface area contributed by atoms with Gasteiger partial charge in [0.05, 0.1) is 6.54 Å². The van der Waals surface area contributed by atoms with Crippen LogP contribution in [0.1, 0.15) is 39.5 Å². The first-order valence-electron chi connectivity index (χ1n) is 6.27. The molecule has 5 nitrogen and oxygen atoms in total. The molecule has 1 aliphatic rings. The molecule has 1 unspecified atom stereocenters. The first kappa shape index (κ1) is 14.0. The molecule has 1 atom stereocenters. The molecule has 0 spiro atoms. The Hall–Kier alpha value is -1.10. The molecule has 0 aromatic carbocycles. The van der Waals surface area contributed by atoms with E-state index in [-0.39, 0.29) is 18.5 Å². The lowest BCUT2D eigenvalue weighted by Gasteiger charge is -2.26. The van der Waals surface area contributed by atoms with Crippen molar-refractivity contribution in [3.8, 4) is 0 Å². The van der Waals surface area contributed by atoms with E-state index in [1.165, 1.54) is 0 Å². The van der Waals surface area contributed by atoms with Gasteiger partial charge in [0.25, 0.3) is 0 Å². The van der Waals surface area contributed by atoms with Gasteiger partial charge in [0.1, 0.15) is 6.04 Å². The van der Waals surface area contributed by atoms with Crippen LogP contribution in [0.4, 0.5) is 0 Å². The van der Waals surface area contributed by atoms with Gasteiger partial charge in [0.15, 0.2) is 0 Å². The summed E-state index contributed by atoms with van der Waals surface area (Å²) in [6.45, 7) is 4.68. The zero-order valence-electron chi connectivity index (χ0n) is 10.6. The SMILES string of the molecule is CC(C)NC(=O)CN1CCCCCC1C(=O)O. The van der Waals surface area contributed by atoms with Crippen molar-refractivity contribution in [2.75, 3.05) is 13.1 Å². The molecule has 1 aliphatic heterocycles. The smallest absolute Gasteiger partial charge is 0.320 e. The second kappa shape index (κ2) is 6.59. The Bertz CT molecular complexity index is 279. The monoisotopic (exact) mass is 242 g/mol. The van der Waals surface area contributed by atoms with Crippen LogP contribution in [-0.2, 0) is 9.59 Å². The number of nitrogens with one attached hydrogen (secondary N) is 1. The number of aliphatic carboxylic acids is 1. The topological polar surface area (TPSA) is 69.6 Å². The number of amides is 1. The Kier molecular flexibility index (Phi) is 5.41. The highest BCUT2D eigenvalue weighted by atomic mass is 16.4. The second-order valence-corrected chi connectivity index (χ2v) is 4.90. The van der Waals surface area contributed by atoms with E-state index < -0.39 is 12.0 Å². The van der Waals surface area contributed by atoms with E-state index in [0.29, 0.717) is 13.0 Å². The number of carboxylic acid groups (broad SMARTS) is 1. The molecule has 0 aromatic heterocycles. The summed E-state index contributed by atoms with van der Waals surface area (Å²) in [5.74, 6) is -0.905. The number of carbonyl (C=O) groups excluding carboxylic acids is 1. The zero-order chi connectivity index (χ0) is 12.8. The lowest BCUT2D eigenvalue weighted by Crippen LogP contribution is -2.47. The van der Waals surface area contributed by atoms with Gasteiger partial charge in [-0.15, -0.1) is 0 Å². The maximum absolute atomic E-state index is 11.7. The molecule has 5 heteroatoms. The van der Waals surface area contributed by atoms with E-state index in [9.17, 15) is 9.59 Å². The van der Waals surface area contributed by atoms with Crippen LogP contribution < -0.4 is 5.32 Å². The van der Waals surface area contributed by atoms with E-state index in [0.717, 1.165) is 19.3 Å². The Balaban J connectivity index is 2.57. The van der Waals surface area contributed by atoms with Crippen LogP contribution >= 0.6 is 0 Å². The third kappa shape index (κ3) is 4.73. The number of hydrogen-bond donors (Lipinski definition) is 2. The number of rotatable bonds is 4. The third-order valence-electron chi connectivity index (χ3n) is 2.95. The van der Waals surface area contributed by atoms with Crippen LogP contribution in [0.5, 0.6) is 0 Å². The van der Waals surface area contributed by atoms with Crippen LogP contribution in [0, 0.1) is 0 Å². The molecule has 1 fully saturated rings. The molecule has 17 heavy (non-hydrogen) atoms. The van der Waals surface area contributed by atoms with Crippen molar-refractivity contribution in [3.63, 3.8) is 0 Å². The fraction of sp³-hybridized carbons (Fsp3) is 0.833. The Morgan fingerprint density at radius 1 is 1.35 bits per heavy atom.